The van der Waals surface area contributed by atoms with Gasteiger partial charge in [0.05, 0.1) is 15.2 Å². The van der Waals surface area contributed by atoms with Crippen molar-refractivity contribution in [3.63, 3.8) is 0 Å². The quantitative estimate of drug-likeness (QED) is 0.758. The van der Waals surface area contributed by atoms with Crippen LogP contribution in [0.15, 0.2) is 36.4 Å². The fourth-order valence-electron chi connectivity index (χ4n) is 2.03. The van der Waals surface area contributed by atoms with Gasteiger partial charge >= 0.3 is 0 Å². The molecule has 1 amide bonds. The Balaban J connectivity index is 1.65. The summed E-state index contributed by atoms with van der Waals surface area (Å²) in [6.07, 6.45) is 0. The Morgan fingerprint density at radius 3 is 2.96 bits per heavy atom. The summed E-state index contributed by atoms with van der Waals surface area (Å²) >= 11 is 7.23. The van der Waals surface area contributed by atoms with E-state index in [0.29, 0.717) is 5.13 Å². The highest BCUT2D eigenvalue weighted by Crippen LogP contribution is 2.28. The lowest BCUT2D eigenvalue weighted by atomic mass is 10.2. The molecule has 0 fully saturated rings. The molecule has 3 aromatic rings. The van der Waals surface area contributed by atoms with E-state index in [1.54, 1.807) is 0 Å². The first kappa shape index (κ1) is 15.7. The van der Waals surface area contributed by atoms with Crippen LogP contribution in [-0.4, -0.2) is 17.5 Å². The lowest BCUT2D eigenvalue weighted by Gasteiger charge is -2.07. The second-order valence-corrected chi connectivity index (χ2v) is 6.29. The molecule has 2 aromatic carbocycles. The van der Waals surface area contributed by atoms with Gasteiger partial charge in [-0.15, -0.1) is 0 Å². The molecule has 23 heavy (non-hydrogen) atoms. The van der Waals surface area contributed by atoms with Gasteiger partial charge in [0.15, 0.2) is 11.7 Å². The summed E-state index contributed by atoms with van der Waals surface area (Å²) in [5, 5.41) is 3.31. The Morgan fingerprint density at radius 2 is 2.22 bits per heavy atom. The van der Waals surface area contributed by atoms with E-state index in [-0.39, 0.29) is 23.3 Å². The summed E-state index contributed by atoms with van der Waals surface area (Å²) < 4.78 is 19.2. The molecule has 0 radical (unpaired) electrons. The van der Waals surface area contributed by atoms with Crippen molar-refractivity contribution in [2.24, 2.45) is 0 Å². The number of fused-ring (bicyclic) bond motifs is 1. The zero-order chi connectivity index (χ0) is 16.4. The summed E-state index contributed by atoms with van der Waals surface area (Å²) in [7, 11) is 0. The van der Waals surface area contributed by atoms with Crippen molar-refractivity contribution in [1.29, 1.82) is 0 Å². The molecular formula is C16H12ClFN2O2S. The van der Waals surface area contributed by atoms with Crippen LogP contribution in [0.25, 0.3) is 10.2 Å². The monoisotopic (exact) mass is 350 g/mol. The van der Waals surface area contributed by atoms with E-state index in [9.17, 15) is 9.18 Å². The molecule has 0 atom stereocenters. The van der Waals surface area contributed by atoms with Crippen molar-refractivity contribution < 1.29 is 13.9 Å². The van der Waals surface area contributed by atoms with E-state index in [1.807, 2.05) is 25.1 Å². The molecule has 0 aliphatic carbocycles. The number of aryl methyl sites for hydroxylation is 1. The van der Waals surface area contributed by atoms with Crippen molar-refractivity contribution >= 4 is 44.2 Å². The van der Waals surface area contributed by atoms with Gasteiger partial charge in [0.2, 0.25) is 0 Å². The summed E-state index contributed by atoms with van der Waals surface area (Å²) in [5.41, 5.74) is 1.92. The molecular weight excluding hydrogens is 339 g/mol. The number of rotatable bonds is 4. The molecule has 0 bridgehead atoms. The van der Waals surface area contributed by atoms with Crippen molar-refractivity contribution in [3.8, 4) is 5.75 Å². The Bertz CT molecular complexity index is 882. The third-order valence-corrected chi connectivity index (χ3v) is 4.35. The van der Waals surface area contributed by atoms with Gasteiger partial charge in [-0.25, -0.2) is 9.37 Å². The zero-order valence-corrected chi connectivity index (χ0v) is 13.7. The predicted molar refractivity (Wildman–Crippen MR) is 89.9 cm³/mol. The molecule has 0 spiro atoms. The number of nitrogens with one attached hydrogen (secondary N) is 1. The number of nitrogens with zero attached hydrogens (tertiary/aromatic N) is 1. The number of benzene rings is 2. The molecule has 1 N–H and O–H groups in total. The minimum Gasteiger partial charge on any atom is -0.482 e. The van der Waals surface area contributed by atoms with E-state index >= 15 is 0 Å². The third-order valence-electron chi connectivity index (χ3n) is 3.12. The van der Waals surface area contributed by atoms with Gasteiger partial charge in [-0.05, 0) is 36.8 Å². The minimum absolute atomic E-state index is 0.119. The number of anilines is 1. The van der Waals surface area contributed by atoms with Crippen LogP contribution in [-0.2, 0) is 4.79 Å². The van der Waals surface area contributed by atoms with E-state index in [0.717, 1.165) is 21.8 Å². The summed E-state index contributed by atoms with van der Waals surface area (Å²) in [6.45, 7) is 1.73. The van der Waals surface area contributed by atoms with Gasteiger partial charge in [-0.2, -0.15) is 0 Å². The number of hydrogen-bond donors (Lipinski definition) is 1. The van der Waals surface area contributed by atoms with Crippen LogP contribution in [0.4, 0.5) is 9.52 Å². The fraction of sp³-hybridized carbons (Fsp3) is 0.125. The number of thiazole rings is 1. The van der Waals surface area contributed by atoms with Crippen molar-refractivity contribution in [2.75, 3.05) is 11.9 Å². The molecule has 0 unspecified atom stereocenters. The highest BCUT2D eigenvalue weighted by atomic mass is 35.5. The van der Waals surface area contributed by atoms with Crippen LogP contribution in [0.1, 0.15) is 5.56 Å². The minimum atomic E-state index is -0.461. The van der Waals surface area contributed by atoms with Crippen molar-refractivity contribution in [2.45, 2.75) is 6.92 Å². The molecule has 3 rings (SSSR count). The first-order valence-electron chi connectivity index (χ1n) is 6.77. The van der Waals surface area contributed by atoms with Gasteiger partial charge in [-0.3, -0.25) is 10.1 Å². The predicted octanol–water partition coefficient (Wildman–Crippen LogP) is 4.41. The normalized spacial score (nSPS) is 10.7. The largest absolute Gasteiger partial charge is 0.482 e. The van der Waals surface area contributed by atoms with Crippen LogP contribution < -0.4 is 10.1 Å². The number of carbonyl (C=O) groups is 1. The average molecular weight is 351 g/mol. The lowest BCUT2D eigenvalue weighted by Crippen LogP contribution is -2.20. The Morgan fingerprint density at radius 1 is 1.39 bits per heavy atom. The molecule has 0 aliphatic heterocycles. The number of hydrogen-bond acceptors (Lipinski definition) is 4. The molecule has 1 heterocycles. The first-order chi connectivity index (χ1) is 11.0. The SMILES string of the molecule is Cc1cccc2sc(NC(=O)COc3ccc(F)cc3Cl)nc12. The summed E-state index contributed by atoms with van der Waals surface area (Å²) in [4.78, 5) is 16.3. The summed E-state index contributed by atoms with van der Waals surface area (Å²) in [5.74, 6) is -0.567. The Hall–Kier alpha value is -2.18. The maximum absolute atomic E-state index is 12.9. The topological polar surface area (TPSA) is 51.2 Å². The molecule has 0 saturated carbocycles. The van der Waals surface area contributed by atoms with E-state index < -0.39 is 5.82 Å². The van der Waals surface area contributed by atoms with Gasteiger partial charge in [0.25, 0.3) is 5.91 Å². The lowest BCUT2D eigenvalue weighted by molar-refractivity contribution is -0.118. The molecule has 0 saturated heterocycles. The standard InChI is InChI=1S/C16H12ClFN2O2S/c1-9-3-2-4-13-15(9)20-16(23-13)19-14(21)8-22-12-6-5-10(18)7-11(12)17/h2-7H,8H2,1H3,(H,19,20,21). The van der Waals surface area contributed by atoms with E-state index in [4.69, 9.17) is 16.3 Å². The van der Waals surface area contributed by atoms with Crippen LogP contribution in [0.2, 0.25) is 5.02 Å². The number of para-hydroxylation sites is 1. The highest BCUT2D eigenvalue weighted by molar-refractivity contribution is 7.22. The molecule has 7 heteroatoms. The molecule has 1 aromatic heterocycles. The van der Waals surface area contributed by atoms with Gasteiger partial charge in [0, 0.05) is 0 Å². The Kier molecular flexibility index (Phi) is 4.45. The second kappa shape index (κ2) is 6.52. The van der Waals surface area contributed by atoms with E-state index in [1.165, 1.54) is 23.5 Å². The zero-order valence-electron chi connectivity index (χ0n) is 12.1. The van der Waals surface area contributed by atoms with Crippen molar-refractivity contribution in [3.05, 3.63) is 52.8 Å². The number of aromatic nitrogens is 1. The highest BCUT2D eigenvalue weighted by Gasteiger charge is 2.11. The second-order valence-electron chi connectivity index (χ2n) is 4.85. The number of halogens is 2. The Labute approximate surface area is 140 Å². The van der Waals surface area contributed by atoms with Gasteiger partial charge in [0.1, 0.15) is 11.6 Å². The molecule has 118 valence electrons. The smallest absolute Gasteiger partial charge is 0.264 e. The first-order valence-corrected chi connectivity index (χ1v) is 7.96. The maximum atomic E-state index is 12.9. The summed E-state index contributed by atoms with van der Waals surface area (Å²) in [6, 6.07) is 9.59. The van der Waals surface area contributed by atoms with Crippen LogP contribution in [0, 0.1) is 12.7 Å². The molecule has 4 nitrogen and oxygen atoms in total. The van der Waals surface area contributed by atoms with Crippen LogP contribution in [0.5, 0.6) is 5.75 Å². The molecule has 0 aliphatic rings. The maximum Gasteiger partial charge on any atom is 0.264 e. The third kappa shape index (κ3) is 3.60. The number of amides is 1. The van der Waals surface area contributed by atoms with E-state index in [2.05, 4.69) is 10.3 Å². The number of carbonyl (C=O) groups excluding carboxylic acids is 1. The van der Waals surface area contributed by atoms with Crippen LogP contribution in [0.3, 0.4) is 0 Å². The number of ether oxygens (including phenoxy) is 1. The van der Waals surface area contributed by atoms with Gasteiger partial charge in [-0.1, -0.05) is 35.1 Å². The average Bonchev–Trinajstić information content (AvgIpc) is 2.90. The van der Waals surface area contributed by atoms with Gasteiger partial charge < -0.3 is 4.74 Å². The fourth-order valence-corrected chi connectivity index (χ4v) is 3.21. The van der Waals surface area contributed by atoms with Crippen molar-refractivity contribution in [1.82, 2.24) is 4.98 Å². The van der Waals surface area contributed by atoms with Crippen LogP contribution >= 0.6 is 22.9 Å².